The van der Waals surface area contributed by atoms with Crippen molar-refractivity contribution in [3.63, 3.8) is 0 Å². The van der Waals surface area contributed by atoms with Gasteiger partial charge in [0.05, 0.1) is 0 Å². The van der Waals surface area contributed by atoms with Gasteiger partial charge in [-0.05, 0) is 54.1 Å². The van der Waals surface area contributed by atoms with Gasteiger partial charge in [0, 0.05) is 43.1 Å². The summed E-state index contributed by atoms with van der Waals surface area (Å²) < 4.78 is 0. The fourth-order valence-electron chi connectivity index (χ4n) is 3.92. The molecule has 1 heterocycles. The zero-order chi connectivity index (χ0) is 19.5. The predicted octanol–water partition coefficient (Wildman–Crippen LogP) is 4.54. The second-order valence-corrected chi connectivity index (χ2v) is 7.40. The number of likely N-dealkylation sites (N-methyl/N-ethyl adjacent to an activating group) is 1. The maximum atomic E-state index is 12.9. The SMILES string of the molecule is CCN1CCN(c2ccc(NC(=O)c3cccc4ccccc34)c(C)c2)CC1. The maximum absolute atomic E-state index is 12.9. The molecule has 0 bridgehead atoms. The third-order valence-corrected chi connectivity index (χ3v) is 5.68. The number of hydrogen-bond acceptors (Lipinski definition) is 3. The van der Waals surface area contributed by atoms with Crippen molar-refractivity contribution in [2.45, 2.75) is 13.8 Å². The Kier molecular flexibility index (Phi) is 5.31. The molecule has 0 aliphatic carbocycles. The van der Waals surface area contributed by atoms with E-state index < -0.39 is 0 Å². The first-order chi connectivity index (χ1) is 13.7. The van der Waals surface area contributed by atoms with Crippen molar-refractivity contribution in [1.82, 2.24) is 4.90 Å². The second-order valence-electron chi connectivity index (χ2n) is 7.40. The lowest BCUT2D eigenvalue weighted by atomic mass is 10.0. The molecule has 1 N–H and O–H groups in total. The number of carbonyl (C=O) groups excluding carboxylic acids is 1. The van der Waals surface area contributed by atoms with Crippen LogP contribution in [0.4, 0.5) is 11.4 Å². The van der Waals surface area contributed by atoms with Crippen LogP contribution in [0.25, 0.3) is 10.8 Å². The predicted molar refractivity (Wildman–Crippen MR) is 117 cm³/mol. The van der Waals surface area contributed by atoms with Crippen molar-refractivity contribution in [2.75, 3.05) is 42.9 Å². The van der Waals surface area contributed by atoms with Gasteiger partial charge in [0.1, 0.15) is 0 Å². The molecule has 4 heteroatoms. The van der Waals surface area contributed by atoms with Gasteiger partial charge in [0.25, 0.3) is 5.91 Å². The van der Waals surface area contributed by atoms with Crippen LogP contribution in [0, 0.1) is 6.92 Å². The quantitative estimate of drug-likeness (QED) is 0.729. The maximum Gasteiger partial charge on any atom is 0.256 e. The lowest BCUT2D eigenvalue weighted by Gasteiger charge is -2.35. The summed E-state index contributed by atoms with van der Waals surface area (Å²) in [6.45, 7) is 9.71. The highest BCUT2D eigenvalue weighted by molar-refractivity contribution is 6.13. The Morgan fingerprint density at radius 1 is 0.964 bits per heavy atom. The number of hydrogen-bond donors (Lipinski definition) is 1. The van der Waals surface area contributed by atoms with Crippen LogP contribution < -0.4 is 10.2 Å². The van der Waals surface area contributed by atoms with E-state index >= 15 is 0 Å². The lowest BCUT2D eigenvalue weighted by Crippen LogP contribution is -2.46. The number of piperazine rings is 1. The molecule has 0 spiro atoms. The number of aryl methyl sites for hydroxylation is 1. The molecule has 0 radical (unpaired) electrons. The van der Waals surface area contributed by atoms with Crippen molar-refractivity contribution in [1.29, 1.82) is 0 Å². The summed E-state index contributed by atoms with van der Waals surface area (Å²) in [4.78, 5) is 17.8. The monoisotopic (exact) mass is 373 g/mol. The first-order valence-corrected chi connectivity index (χ1v) is 10.0. The molecule has 0 atom stereocenters. The Hall–Kier alpha value is -2.85. The second kappa shape index (κ2) is 8.03. The van der Waals surface area contributed by atoms with E-state index in [1.165, 1.54) is 5.69 Å². The molecule has 3 aromatic carbocycles. The van der Waals surface area contributed by atoms with E-state index in [1.807, 2.05) is 48.5 Å². The van der Waals surface area contributed by atoms with Crippen LogP contribution in [0.2, 0.25) is 0 Å². The molecule has 1 aliphatic rings. The standard InChI is InChI=1S/C24H27N3O/c1-3-26-13-15-27(16-14-26)20-11-12-23(18(2)17-20)25-24(28)22-10-6-8-19-7-4-5-9-21(19)22/h4-12,17H,3,13-16H2,1-2H3,(H,25,28). The Morgan fingerprint density at radius 3 is 2.46 bits per heavy atom. The molecule has 4 rings (SSSR count). The van der Waals surface area contributed by atoms with Crippen molar-refractivity contribution < 1.29 is 4.79 Å². The first kappa shape index (κ1) is 18.5. The first-order valence-electron chi connectivity index (χ1n) is 10.0. The molecule has 28 heavy (non-hydrogen) atoms. The van der Waals surface area contributed by atoms with Gasteiger partial charge in [-0.25, -0.2) is 0 Å². The smallest absolute Gasteiger partial charge is 0.256 e. The average Bonchev–Trinajstić information content (AvgIpc) is 2.74. The van der Waals surface area contributed by atoms with Crippen LogP contribution in [-0.2, 0) is 0 Å². The normalized spacial score (nSPS) is 15.0. The van der Waals surface area contributed by atoms with E-state index in [0.717, 1.165) is 54.7 Å². The van der Waals surface area contributed by atoms with Crippen molar-refractivity contribution >= 4 is 28.1 Å². The highest BCUT2D eigenvalue weighted by atomic mass is 16.1. The number of nitrogens with one attached hydrogen (secondary N) is 1. The van der Waals surface area contributed by atoms with Crippen LogP contribution in [0.3, 0.4) is 0 Å². The summed E-state index contributed by atoms with van der Waals surface area (Å²) in [7, 11) is 0. The molecule has 1 aliphatic heterocycles. The zero-order valence-corrected chi connectivity index (χ0v) is 16.6. The fourth-order valence-corrected chi connectivity index (χ4v) is 3.92. The summed E-state index contributed by atoms with van der Waals surface area (Å²) >= 11 is 0. The average molecular weight is 374 g/mol. The Bertz CT molecular complexity index is 985. The molecular weight excluding hydrogens is 346 g/mol. The third-order valence-electron chi connectivity index (χ3n) is 5.68. The van der Waals surface area contributed by atoms with E-state index in [-0.39, 0.29) is 5.91 Å². The number of carbonyl (C=O) groups is 1. The van der Waals surface area contributed by atoms with Gasteiger partial charge in [-0.3, -0.25) is 4.79 Å². The molecule has 0 aromatic heterocycles. The summed E-state index contributed by atoms with van der Waals surface area (Å²) in [5.74, 6) is -0.0655. The largest absolute Gasteiger partial charge is 0.369 e. The molecule has 1 amide bonds. The van der Waals surface area contributed by atoms with Gasteiger partial charge in [0.2, 0.25) is 0 Å². The number of anilines is 2. The number of fused-ring (bicyclic) bond motifs is 1. The number of rotatable bonds is 4. The highest BCUT2D eigenvalue weighted by Gasteiger charge is 2.17. The van der Waals surface area contributed by atoms with E-state index in [0.29, 0.717) is 5.56 Å². The van der Waals surface area contributed by atoms with Crippen LogP contribution in [0.5, 0.6) is 0 Å². The summed E-state index contributed by atoms with van der Waals surface area (Å²) in [6.07, 6.45) is 0. The summed E-state index contributed by atoms with van der Waals surface area (Å²) in [6, 6.07) is 20.2. The Labute approximate surface area is 166 Å². The molecule has 0 saturated carbocycles. The minimum atomic E-state index is -0.0655. The lowest BCUT2D eigenvalue weighted by molar-refractivity contribution is 0.102. The van der Waals surface area contributed by atoms with E-state index in [4.69, 9.17) is 0 Å². The van der Waals surface area contributed by atoms with Crippen LogP contribution in [0.15, 0.2) is 60.7 Å². The minimum Gasteiger partial charge on any atom is -0.369 e. The Morgan fingerprint density at radius 2 is 1.71 bits per heavy atom. The van der Waals surface area contributed by atoms with Gasteiger partial charge in [-0.15, -0.1) is 0 Å². The van der Waals surface area contributed by atoms with Crippen LogP contribution >= 0.6 is 0 Å². The minimum absolute atomic E-state index is 0.0655. The topological polar surface area (TPSA) is 35.6 Å². The molecule has 3 aromatic rings. The van der Waals surface area contributed by atoms with Crippen molar-refractivity contribution in [3.05, 3.63) is 71.8 Å². The number of benzene rings is 3. The zero-order valence-electron chi connectivity index (χ0n) is 16.6. The summed E-state index contributed by atoms with van der Waals surface area (Å²) in [5.41, 5.74) is 3.89. The van der Waals surface area contributed by atoms with E-state index in [2.05, 4.69) is 41.1 Å². The van der Waals surface area contributed by atoms with E-state index in [1.54, 1.807) is 0 Å². The van der Waals surface area contributed by atoms with Crippen molar-refractivity contribution in [3.8, 4) is 0 Å². The van der Waals surface area contributed by atoms with Gasteiger partial charge < -0.3 is 15.1 Å². The van der Waals surface area contributed by atoms with Crippen LogP contribution in [0.1, 0.15) is 22.8 Å². The molecule has 1 fully saturated rings. The molecule has 0 unspecified atom stereocenters. The van der Waals surface area contributed by atoms with Crippen molar-refractivity contribution in [2.24, 2.45) is 0 Å². The number of nitrogens with zero attached hydrogens (tertiary/aromatic N) is 2. The molecule has 4 nitrogen and oxygen atoms in total. The fraction of sp³-hybridized carbons (Fsp3) is 0.292. The van der Waals surface area contributed by atoms with Gasteiger partial charge >= 0.3 is 0 Å². The van der Waals surface area contributed by atoms with E-state index in [9.17, 15) is 4.79 Å². The highest BCUT2D eigenvalue weighted by Crippen LogP contribution is 2.25. The van der Waals surface area contributed by atoms with Gasteiger partial charge in [-0.2, -0.15) is 0 Å². The molecular formula is C24H27N3O. The van der Waals surface area contributed by atoms with Gasteiger partial charge in [-0.1, -0.05) is 43.3 Å². The van der Waals surface area contributed by atoms with Crippen LogP contribution in [-0.4, -0.2) is 43.5 Å². The Balaban J connectivity index is 1.51. The third kappa shape index (κ3) is 3.73. The molecule has 1 saturated heterocycles. The molecule has 144 valence electrons. The summed E-state index contributed by atoms with van der Waals surface area (Å²) in [5, 5.41) is 5.15. The number of amides is 1. The van der Waals surface area contributed by atoms with Gasteiger partial charge in [0.15, 0.2) is 0 Å².